The second-order valence-electron chi connectivity index (χ2n) is 8.33. The molecular formula is C24H26N6O2. The highest BCUT2D eigenvalue weighted by Crippen LogP contribution is 2.28. The lowest BCUT2D eigenvalue weighted by molar-refractivity contribution is 0.101. The average molecular weight is 431 g/mol. The molecule has 0 N–H and O–H groups in total. The van der Waals surface area contributed by atoms with Gasteiger partial charge in [0.1, 0.15) is 5.65 Å². The average Bonchev–Trinajstić information content (AvgIpc) is 3.46. The Morgan fingerprint density at radius 1 is 1.12 bits per heavy atom. The number of hydrogen-bond acceptors (Lipinski definition) is 7. The summed E-state index contributed by atoms with van der Waals surface area (Å²) in [5.74, 6) is 1.75. The quantitative estimate of drug-likeness (QED) is 0.410. The van der Waals surface area contributed by atoms with Crippen LogP contribution in [0, 0.1) is 0 Å². The van der Waals surface area contributed by atoms with E-state index in [1.165, 1.54) is 0 Å². The second kappa shape index (κ2) is 9.00. The lowest BCUT2D eigenvalue weighted by Crippen LogP contribution is -2.34. The van der Waals surface area contributed by atoms with Crippen molar-refractivity contribution in [2.45, 2.75) is 38.6 Å². The Hall–Kier alpha value is -3.39. The number of likely N-dealkylation sites (tertiary alicyclic amines) is 1. The zero-order valence-corrected chi connectivity index (χ0v) is 18.1. The van der Waals surface area contributed by atoms with Gasteiger partial charge in [0, 0.05) is 53.8 Å². The molecule has 4 aromatic rings. The Morgan fingerprint density at radius 3 is 2.72 bits per heavy atom. The van der Waals surface area contributed by atoms with Gasteiger partial charge in [-0.1, -0.05) is 5.16 Å². The molecule has 32 heavy (non-hydrogen) atoms. The van der Waals surface area contributed by atoms with Crippen molar-refractivity contribution in [3.8, 4) is 11.4 Å². The van der Waals surface area contributed by atoms with Crippen molar-refractivity contribution in [3.05, 3.63) is 60.5 Å². The van der Waals surface area contributed by atoms with Crippen molar-refractivity contribution >= 4 is 16.8 Å². The van der Waals surface area contributed by atoms with Crippen LogP contribution in [-0.4, -0.2) is 55.0 Å². The fourth-order valence-electron chi connectivity index (χ4n) is 4.46. The molecule has 5 heterocycles. The molecule has 8 nitrogen and oxygen atoms in total. The van der Waals surface area contributed by atoms with Gasteiger partial charge in [0.25, 0.3) is 0 Å². The molecule has 0 unspecified atom stereocenters. The number of carbonyl (C=O) groups is 1. The molecule has 0 atom stereocenters. The van der Waals surface area contributed by atoms with Crippen molar-refractivity contribution < 1.29 is 9.32 Å². The molecular weight excluding hydrogens is 404 g/mol. The van der Waals surface area contributed by atoms with Crippen molar-refractivity contribution in [2.24, 2.45) is 0 Å². The van der Waals surface area contributed by atoms with Gasteiger partial charge < -0.3 is 14.0 Å². The minimum atomic E-state index is 0.0805. The van der Waals surface area contributed by atoms with Crippen LogP contribution in [0.4, 0.5) is 0 Å². The Labute approximate surface area is 186 Å². The predicted molar refractivity (Wildman–Crippen MR) is 120 cm³/mol. The van der Waals surface area contributed by atoms with Gasteiger partial charge in [0.2, 0.25) is 11.7 Å². The van der Waals surface area contributed by atoms with Crippen LogP contribution in [0.1, 0.15) is 48.4 Å². The molecule has 1 saturated heterocycles. The summed E-state index contributed by atoms with van der Waals surface area (Å²) >= 11 is 0. The first-order valence-electron chi connectivity index (χ1n) is 11.1. The van der Waals surface area contributed by atoms with Crippen LogP contribution in [0.25, 0.3) is 22.4 Å². The van der Waals surface area contributed by atoms with E-state index in [1.54, 1.807) is 25.5 Å². The molecule has 1 aliphatic rings. The SMILES string of the molecule is CC(=O)c1cn(CCCN2CCC(c3nc(-c4ccncc4)no3)CC2)c2ncccc12. The largest absolute Gasteiger partial charge is 0.339 e. The summed E-state index contributed by atoms with van der Waals surface area (Å²) in [4.78, 5) is 27.6. The fraction of sp³-hybridized carbons (Fsp3) is 0.375. The van der Waals surface area contributed by atoms with Gasteiger partial charge in [-0.3, -0.25) is 9.78 Å². The molecule has 0 radical (unpaired) electrons. The van der Waals surface area contributed by atoms with Gasteiger partial charge in [0.05, 0.1) is 0 Å². The van der Waals surface area contributed by atoms with Crippen LogP contribution < -0.4 is 0 Å². The standard InChI is InChI=1S/C24H26N6O2/c1-17(31)21-16-30(23-20(21)4-2-9-26-23)13-3-12-29-14-7-19(8-15-29)24-27-22(28-32-24)18-5-10-25-11-6-18/h2,4-6,9-11,16,19H,3,7-8,12-15H2,1H3. The first-order valence-corrected chi connectivity index (χ1v) is 11.1. The van der Waals surface area contributed by atoms with E-state index in [-0.39, 0.29) is 5.78 Å². The molecule has 164 valence electrons. The summed E-state index contributed by atoms with van der Waals surface area (Å²) in [5, 5.41) is 5.08. The van der Waals surface area contributed by atoms with E-state index < -0.39 is 0 Å². The predicted octanol–water partition coefficient (Wildman–Crippen LogP) is 3.95. The first kappa shape index (κ1) is 20.5. The first-order chi connectivity index (χ1) is 15.7. The summed E-state index contributed by atoms with van der Waals surface area (Å²) < 4.78 is 7.67. The van der Waals surface area contributed by atoms with Gasteiger partial charge >= 0.3 is 0 Å². The Kier molecular flexibility index (Phi) is 5.77. The zero-order chi connectivity index (χ0) is 21.9. The second-order valence-corrected chi connectivity index (χ2v) is 8.33. The van der Waals surface area contributed by atoms with E-state index >= 15 is 0 Å². The number of fused-ring (bicyclic) bond motifs is 1. The Bertz CT molecular complexity index is 1210. The van der Waals surface area contributed by atoms with Crippen LogP contribution in [-0.2, 0) is 6.54 Å². The third-order valence-electron chi connectivity index (χ3n) is 6.20. The van der Waals surface area contributed by atoms with Crippen molar-refractivity contribution in [1.29, 1.82) is 0 Å². The summed E-state index contributed by atoms with van der Waals surface area (Å²) in [6.45, 7) is 5.50. The maximum Gasteiger partial charge on any atom is 0.230 e. The summed E-state index contributed by atoms with van der Waals surface area (Å²) in [6.07, 6.45) is 10.2. The minimum absolute atomic E-state index is 0.0805. The summed E-state index contributed by atoms with van der Waals surface area (Å²) in [5.41, 5.74) is 2.56. The number of piperidine rings is 1. The lowest BCUT2D eigenvalue weighted by atomic mass is 9.96. The van der Waals surface area contributed by atoms with E-state index in [0.717, 1.165) is 73.5 Å². The monoisotopic (exact) mass is 430 g/mol. The normalized spacial score (nSPS) is 15.4. The van der Waals surface area contributed by atoms with Crippen molar-refractivity contribution in [2.75, 3.05) is 19.6 Å². The summed E-state index contributed by atoms with van der Waals surface area (Å²) in [7, 11) is 0. The number of ketones is 1. The van der Waals surface area contributed by atoms with Gasteiger partial charge in [-0.15, -0.1) is 0 Å². The number of nitrogens with zero attached hydrogens (tertiary/aromatic N) is 6. The Balaban J connectivity index is 1.14. The maximum atomic E-state index is 12.0. The number of carbonyl (C=O) groups excluding carboxylic acids is 1. The van der Waals surface area contributed by atoms with E-state index in [4.69, 9.17) is 4.52 Å². The number of Topliss-reactive ketones (excluding diaryl/α,β-unsaturated/α-hetero) is 1. The lowest BCUT2D eigenvalue weighted by Gasteiger charge is -2.30. The molecule has 0 spiro atoms. The van der Waals surface area contributed by atoms with Gasteiger partial charge in [-0.2, -0.15) is 4.98 Å². The van der Waals surface area contributed by atoms with Gasteiger partial charge in [-0.05, 0) is 70.1 Å². The third-order valence-corrected chi connectivity index (χ3v) is 6.20. The molecule has 8 heteroatoms. The number of pyridine rings is 2. The van der Waals surface area contributed by atoms with Crippen molar-refractivity contribution in [1.82, 2.24) is 29.6 Å². The topological polar surface area (TPSA) is 89.9 Å². The smallest absolute Gasteiger partial charge is 0.230 e. The number of aryl methyl sites for hydroxylation is 1. The molecule has 0 aliphatic carbocycles. The summed E-state index contributed by atoms with van der Waals surface area (Å²) in [6, 6.07) is 7.63. The van der Waals surface area contributed by atoms with Crippen LogP contribution in [0.5, 0.6) is 0 Å². The van der Waals surface area contributed by atoms with Crippen LogP contribution in [0.3, 0.4) is 0 Å². The molecule has 5 rings (SSSR count). The van der Waals surface area contributed by atoms with E-state index in [9.17, 15) is 4.79 Å². The third kappa shape index (κ3) is 4.18. The minimum Gasteiger partial charge on any atom is -0.339 e. The van der Waals surface area contributed by atoms with Crippen LogP contribution in [0.15, 0.2) is 53.6 Å². The Morgan fingerprint density at radius 2 is 1.94 bits per heavy atom. The highest BCUT2D eigenvalue weighted by Gasteiger charge is 2.25. The molecule has 0 saturated carbocycles. The van der Waals surface area contributed by atoms with Gasteiger partial charge in [0.15, 0.2) is 5.78 Å². The molecule has 0 amide bonds. The molecule has 4 aromatic heterocycles. The molecule has 0 aromatic carbocycles. The molecule has 0 bridgehead atoms. The van der Waals surface area contributed by atoms with E-state index in [2.05, 4.69) is 29.6 Å². The number of rotatable bonds is 7. The number of aromatic nitrogens is 5. The highest BCUT2D eigenvalue weighted by molar-refractivity contribution is 6.06. The molecule has 1 fully saturated rings. The number of hydrogen-bond donors (Lipinski definition) is 0. The van der Waals surface area contributed by atoms with Gasteiger partial charge in [-0.25, -0.2) is 4.98 Å². The van der Waals surface area contributed by atoms with E-state index in [0.29, 0.717) is 11.7 Å². The van der Waals surface area contributed by atoms with Crippen molar-refractivity contribution in [3.63, 3.8) is 0 Å². The maximum absolute atomic E-state index is 12.0. The fourth-order valence-corrected chi connectivity index (χ4v) is 4.46. The van der Waals surface area contributed by atoms with E-state index in [1.807, 2.05) is 30.5 Å². The highest BCUT2D eigenvalue weighted by atomic mass is 16.5. The zero-order valence-electron chi connectivity index (χ0n) is 18.1. The van der Waals surface area contributed by atoms with Crippen LogP contribution >= 0.6 is 0 Å². The molecule has 1 aliphatic heterocycles. The van der Waals surface area contributed by atoms with Crippen LogP contribution in [0.2, 0.25) is 0 Å².